The molecule has 20 heavy (non-hydrogen) atoms. The number of aryl methyl sites for hydroxylation is 1. The molecule has 1 aromatic carbocycles. The lowest BCUT2D eigenvalue weighted by molar-refractivity contribution is -0.130. The van der Waals surface area contributed by atoms with Gasteiger partial charge in [0.1, 0.15) is 6.61 Å². The number of nitrogens with one attached hydrogen (secondary N) is 1. The summed E-state index contributed by atoms with van der Waals surface area (Å²) in [5.41, 5.74) is 2.32. The molecule has 0 bridgehead atoms. The molecule has 0 unspecified atom stereocenters. The quantitative estimate of drug-likeness (QED) is 0.899. The Balaban J connectivity index is 1.74. The van der Waals surface area contributed by atoms with Gasteiger partial charge in [-0.1, -0.05) is 29.8 Å². The van der Waals surface area contributed by atoms with Crippen molar-refractivity contribution >= 4 is 5.91 Å². The van der Waals surface area contributed by atoms with Crippen LogP contribution >= 0.6 is 0 Å². The summed E-state index contributed by atoms with van der Waals surface area (Å²) in [7, 11) is 0. The minimum atomic E-state index is -0.0652. The molecule has 1 fully saturated rings. The number of ether oxygens (including phenoxy) is 2. The maximum Gasteiger partial charge on any atom is 0.246 e. The SMILES string of the molecule is Cc1ccc([C@H](C)NC(=O)COC2CCOCC2)cc1. The third kappa shape index (κ3) is 4.62. The first kappa shape index (κ1) is 15.0. The van der Waals surface area contributed by atoms with E-state index in [-0.39, 0.29) is 24.7 Å². The molecule has 1 N–H and O–H groups in total. The van der Waals surface area contributed by atoms with Gasteiger partial charge in [0.05, 0.1) is 12.1 Å². The molecule has 1 atom stereocenters. The van der Waals surface area contributed by atoms with Crippen LogP contribution in [0.4, 0.5) is 0 Å². The number of rotatable bonds is 5. The average molecular weight is 277 g/mol. The molecule has 1 saturated heterocycles. The van der Waals surface area contributed by atoms with Crippen LogP contribution in [0.3, 0.4) is 0 Å². The first-order valence-electron chi connectivity index (χ1n) is 7.20. The molecular weight excluding hydrogens is 254 g/mol. The van der Waals surface area contributed by atoms with Crippen LogP contribution in [0.25, 0.3) is 0 Å². The maximum absolute atomic E-state index is 11.9. The van der Waals surface area contributed by atoms with Crippen molar-refractivity contribution in [1.82, 2.24) is 5.32 Å². The van der Waals surface area contributed by atoms with E-state index in [9.17, 15) is 4.79 Å². The average Bonchev–Trinajstić information content (AvgIpc) is 2.47. The molecule has 0 aromatic heterocycles. The van der Waals surface area contributed by atoms with Crippen LogP contribution in [0.15, 0.2) is 24.3 Å². The Hall–Kier alpha value is -1.39. The van der Waals surface area contributed by atoms with E-state index in [2.05, 4.69) is 24.4 Å². The first-order chi connectivity index (χ1) is 9.65. The molecule has 1 heterocycles. The highest BCUT2D eigenvalue weighted by molar-refractivity contribution is 5.77. The summed E-state index contributed by atoms with van der Waals surface area (Å²) < 4.78 is 10.9. The fourth-order valence-corrected chi connectivity index (χ4v) is 2.26. The molecule has 110 valence electrons. The van der Waals surface area contributed by atoms with Crippen LogP contribution in [0.5, 0.6) is 0 Å². The van der Waals surface area contributed by atoms with E-state index in [1.165, 1.54) is 5.56 Å². The van der Waals surface area contributed by atoms with Crippen LogP contribution in [0.1, 0.15) is 36.9 Å². The highest BCUT2D eigenvalue weighted by atomic mass is 16.5. The summed E-state index contributed by atoms with van der Waals surface area (Å²) >= 11 is 0. The van der Waals surface area contributed by atoms with Crippen molar-refractivity contribution in [2.24, 2.45) is 0 Å². The third-order valence-corrected chi connectivity index (χ3v) is 3.57. The number of benzene rings is 1. The van der Waals surface area contributed by atoms with E-state index >= 15 is 0 Å². The summed E-state index contributed by atoms with van der Waals surface area (Å²) in [4.78, 5) is 11.9. The van der Waals surface area contributed by atoms with Gasteiger partial charge in [0, 0.05) is 13.2 Å². The molecule has 0 aliphatic carbocycles. The topological polar surface area (TPSA) is 47.6 Å². The van der Waals surface area contributed by atoms with Gasteiger partial charge in [0.15, 0.2) is 0 Å². The lowest BCUT2D eigenvalue weighted by atomic mass is 10.1. The van der Waals surface area contributed by atoms with Crippen LogP contribution < -0.4 is 5.32 Å². The van der Waals surface area contributed by atoms with Gasteiger partial charge in [0.2, 0.25) is 5.91 Å². The van der Waals surface area contributed by atoms with E-state index in [4.69, 9.17) is 9.47 Å². The fourth-order valence-electron chi connectivity index (χ4n) is 2.26. The van der Waals surface area contributed by atoms with Crippen molar-refractivity contribution in [2.75, 3.05) is 19.8 Å². The number of carbonyl (C=O) groups is 1. The Kier molecular flexibility index (Phi) is 5.56. The smallest absolute Gasteiger partial charge is 0.246 e. The highest BCUT2D eigenvalue weighted by Crippen LogP contribution is 2.13. The molecule has 2 rings (SSSR count). The number of hydrogen-bond donors (Lipinski definition) is 1. The summed E-state index contributed by atoms with van der Waals surface area (Å²) in [6.07, 6.45) is 1.91. The Bertz CT molecular complexity index is 424. The van der Waals surface area contributed by atoms with Gasteiger partial charge < -0.3 is 14.8 Å². The molecule has 1 amide bonds. The first-order valence-corrected chi connectivity index (χ1v) is 7.20. The van der Waals surface area contributed by atoms with Crippen molar-refractivity contribution < 1.29 is 14.3 Å². The van der Waals surface area contributed by atoms with Gasteiger partial charge in [0.25, 0.3) is 0 Å². The number of hydrogen-bond acceptors (Lipinski definition) is 3. The molecule has 1 aromatic rings. The van der Waals surface area contributed by atoms with Crippen molar-refractivity contribution in [3.05, 3.63) is 35.4 Å². The van der Waals surface area contributed by atoms with Crippen LogP contribution in [-0.4, -0.2) is 31.8 Å². The monoisotopic (exact) mass is 277 g/mol. The van der Waals surface area contributed by atoms with Crippen molar-refractivity contribution in [3.63, 3.8) is 0 Å². The Morgan fingerprint density at radius 3 is 2.65 bits per heavy atom. The molecule has 0 saturated carbocycles. The minimum absolute atomic E-state index is 0.00129. The summed E-state index contributed by atoms with van der Waals surface area (Å²) in [6.45, 7) is 5.62. The van der Waals surface area contributed by atoms with Crippen molar-refractivity contribution in [2.45, 2.75) is 38.8 Å². The second kappa shape index (κ2) is 7.41. The van der Waals surface area contributed by atoms with Gasteiger partial charge in [-0.05, 0) is 32.3 Å². The van der Waals surface area contributed by atoms with E-state index in [1.54, 1.807) is 0 Å². The Morgan fingerprint density at radius 2 is 2.00 bits per heavy atom. The zero-order valence-corrected chi connectivity index (χ0v) is 12.2. The Labute approximate surface area is 120 Å². The second-order valence-electron chi connectivity index (χ2n) is 5.32. The van der Waals surface area contributed by atoms with Crippen LogP contribution in [-0.2, 0) is 14.3 Å². The molecule has 0 radical (unpaired) electrons. The van der Waals surface area contributed by atoms with Gasteiger partial charge in [-0.3, -0.25) is 4.79 Å². The molecular formula is C16H23NO3. The Morgan fingerprint density at radius 1 is 1.35 bits per heavy atom. The molecule has 0 spiro atoms. The molecule has 1 aliphatic heterocycles. The molecule has 4 heteroatoms. The molecule has 4 nitrogen and oxygen atoms in total. The normalized spacial score (nSPS) is 17.7. The lowest BCUT2D eigenvalue weighted by Crippen LogP contribution is -2.33. The van der Waals surface area contributed by atoms with E-state index in [0.717, 1.165) is 31.6 Å². The fraction of sp³-hybridized carbons (Fsp3) is 0.562. The lowest BCUT2D eigenvalue weighted by Gasteiger charge is -2.22. The van der Waals surface area contributed by atoms with Crippen LogP contribution in [0, 0.1) is 6.92 Å². The van der Waals surface area contributed by atoms with Crippen molar-refractivity contribution in [1.29, 1.82) is 0 Å². The second-order valence-corrected chi connectivity index (χ2v) is 5.32. The zero-order chi connectivity index (χ0) is 14.4. The number of carbonyl (C=O) groups excluding carboxylic acids is 1. The van der Waals surface area contributed by atoms with Gasteiger partial charge >= 0.3 is 0 Å². The van der Waals surface area contributed by atoms with E-state index < -0.39 is 0 Å². The van der Waals surface area contributed by atoms with Gasteiger partial charge in [-0.15, -0.1) is 0 Å². The summed E-state index contributed by atoms with van der Waals surface area (Å²) in [6, 6.07) is 8.19. The van der Waals surface area contributed by atoms with Crippen LogP contribution in [0.2, 0.25) is 0 Å². The van der Waals surface area contributed by atoms with Gasteiger partial charge in [-0.2, -0.15) is 0 Å². The highest BCUT2D eigenvalue weighted by Gasteiger charge is 2.16. The standard InChI is InChI=1S/C16H23NO3/c1-12-3-5-14(6-4-12)13(2)17-16(18)11-20-15-7-9-19-10-8-15/h3-6,13,15H,7-11H2,1-2H3,(H,17,18)/t13-/m0/s1. The predicted molar refractivity (Wildman–Crippen MR) is 77.5 cm³/mol. The number of amides is 1. The third-order valence-electron chi connectivity index (χ3n) is 3.57. The summed E-state index contributed by atoms with van der Waals surface area (Å²) in [5, 5.41) is 2.96. The largest absolute Gasteiger partial charge is 0.381 e. The summed E-state index contributed by atoms with van der Waals surface area (Å²) in [5.74, 6) is -0.0652. The zero-order valence-electron chi connectivity index (χ0n) is 12.2. The van der Waals surface area contributed by atoms with E-state index in [0.29, 0.717) is 0 Å². The van der Waals surface area contributed by atoms with Gasteiger partial charge in [-0.25, -0.2) is 0 Å². The van der Waals surface area contributed by atoms with Crippen molar-refractivity contribution in [3.8, 4) is 0 Å². The molecule has 1 aliphatic rings. The minimum Gasteiger partial charge on any atom is -0.381 e. The maximum atomic E-state index is 11.9. The van der Waals surface area contributed by atoms with E-state index in [1.807, 2.05) is 19.1 Å². The predicted octanol–water partition coefficient (Wildman–Crippen LogP) is 2.37.